The molecular formula is C40H40N2O8. The molecule has 0 N–H and O–H groups in total. The third kappa shape index (κ3) is 7.31. The highest BCUT2D eigenvalue weighted by molar-refractivity contribution is 5.90. The fourth-order valence-electron chi connectivity index (χ4n) is 6.49. The van der Waals surface area contributed by atoms with Gasteiger partial charge >= 0.3 is 0 Å². The van der Waals surface area contributed by atoms with Crippen LogP contribution in [0.4, 0.5) is 0 Å². The maximum absolute atomic E-state index is 13.4. The van der Waals surface area contributed by atoms with Crippen LogP contribution in [0.2, 0.25) is 0 Å². The molecule has 2 amide bonds. The van der Waals surface area contributed by atoms with Crippen molar-refractivity contribution in [1.82, 2.24) is 9.80 Å². The molecule has 7 rings (SSSR count). The van der Waals surface area contributed by atoms with Gasteiger partial charge in [0.15, 0.2) is 0 Å². The first kappa shape index (κ1) is 33.2. The van der Waals surface area contributed by atoms with Crippen LogP contribution >= 0.6 is 0 Å². The molecule has 0 unspecified atom stereocenters. The Morgan fingerprint density at radius 2 is 0.900 bits per heavy atom. The quantitative estimate of drug-likeness (QED) is 0.209. The predicted octanol–water partition coefficient (Wildman–Crippen LogP) is 5.41. The van der Waals surface area contributed by atoms with Crippen molar-refractivity contribution >= 4 is 11.8 Å². The van der Waals surface area contributed by atoms with Gasteiger partial charge in [0.1, 0.15) is 48.3 Å². The molecule has 4 atom stereocenters. The molecule has 258 valence electrons. The highest BCUT2D eigenvalue weighted by Crippen LogP contribution is 2.42. The zero-order valence-corrected chi connectivity index (χ0v) is 27.7. The van der Waals surface area contributed by atoms with Gasteiger partial charge in [-0.2, -0.15) is 0 Å². The molecule has 2 fully saturated rings. The van der Waals surface area contributed by atoms with E-state index in [1.54, 1.807) is 9.80 Å². The lowest BCUT2D eigenvalue weighted by molar-refractivity contribution is -0.166. The SMILES string of the molecule is O=C1[C@H](Oc2ccccc2)[C@@H]2c3ccccc3OC/C=C\COc3ccccc3[C@H]3[C@@H](Oc4ccccc4)C(=O)N3CCOCCOCCN12. The lowest BCUT2D eigenvalue weighted by atomic mass is 9.89. The molecule has 3 heterocycles. The van der Waals surface area contributed by atoms with Crippen molar-refractivity contribution in [1.29, 1.82) is 0 Å². The number of ether oxygens (including phenoxy) is 6. The molecular weight excluding hydrogens is 636 g/mol. The molecule has 4 aromatic rings. The summed E-state index contributed by atoms with van der Waals surface area (Å²) < 4.78 is 36.6. The summed E-state index contributed by atoms with van der Waals surface area (Å²) in [5.41, 5.74) is 1.73. The number of benzene rings is 4. The van der Waals surface area contributed by atoms with Crippen molar-refractivity contribution in [2.24, 2.45) is 0 Å². The molecule has 50 heavy (non-hydrogen) atoms. The predicted molar refractivity (Wildman–Crippen MR) is 185 cm³/mol. The van der Waals surface area contributed by atoms with Gasteiger partial charge in [-0.25, -0.2) is 0 Å². The van der Waals surface area contributed by atoms with Gasteiger partial charge in [-0.05, 0) is 48.6 Å². The van der Waals surface area contributed by atoms with Gasteiger partial charge in [-0.15, -0.1) is 0 Å². The zero-order chi connectivity index (χ0) is 34.1. The molecule has 2 saturated heterocycles. The van der Waals surface area contributed by atoms with Gasteiger partial charge in [0.2, 0.25) is 12.2 Å². The Bertz CT molecular complexity index is 1640. The molecule has 10 heteroatoms. The minimum atomic E-state index is -0.689. The molecule has 0 radical (unpaired) electrons. The molecule has 3 aliphatic heterocycles. The second-order valence-corrected chi connectivity index (χ2v) is 12.0. The molecule has 0 bridgehead atoms. The molecule has 10 nitrogen and oxygen atoms in total. The summed E-state index contributed by atoms with van der Waals surface area (Å²) in [7, 11) is 0. The number of hydrogen-bond donors (Lipinski definition) is 0. The van der Waals surface area contributed by atoms with E-state index in [1.807, 2.05) is 121 Å². The molecule has 0 spiro atoms. The zero-order valence-electron chi connectivity index (χ0n) is 27.7. The second-order valence-electron chi connectivity index (χ2n) is 12.0. The molecule has 4 aromatic carbocycles. The summed E-state index contributed by atoms with van der Waals surface area (Å²) in [6, 6.07) is 33.5. The monoisotopic (exact) mass is 676 g/mol. The molecule has 0 saturated carbocycles. The Kier molecular flexibility index (Phi) is 10.6. The Morgan fingerprint density at radius 1 is 0.500 bits per heavy atom. The number of fused-ring (bicyclic) bond motifs is 6. The van der Waals surface area contributed by atoms with Gasteiger partial charge < -0.3 is 38.2 Å². The normalized spacial score (nSPS) is 23.7. The van der Waals surface area contributed by atoms with Crippen molar-refractivity contribution in [3.63, 3.8) is 0 Å². The van der Waals surface area contributed by atoms with Crippen LogP contribution in [0, 0.1) is 0 Å². The van der Waals surface area contributed by atoms with Crippen molar-refractivity contribution in [3.8, 4) is 23.0 Å². The number of nitrogens with zero attached hydrogens (tertiary/aromatic N) is 2. The first-order valence-electron chi connectivity index (χ1n) is 17.0. The van der Waals surface area contributed by atoms with Crippen LogP contribution in [-0.2, 0) is 19.1 Å². The van der Waals surface area contributed by atoms with Crippen LogP contribution in [-0.4, -0.2) is 86.6 Å². The summed E-state index contributed by atoms with van der Waals surface area (Å²) in [5, 5.41) is 0. The van der Waals surface area contributed by atoms with E-state index in [9.17, 15) is 9.59 Å². The van der Waals surface area contributed by atoms with E-state index < -0.39 is 12.2 Å². The van der Waals surface area contributed by atoms with Crippen molar-refractivity contribution < 1.29 is 38.0 Å². The Labute approximate surface area is 291 Å². The van der Waals surface area contributed by atoms with Gasteiger partial charge in [0, 0.05) is 24.2 Å². The summed E-state index contributed by atoms with van der Waals surface area (Å²) in [6.45, 7) is 2.72. The smallest absolute Gasteiger partial charge is 0.266 e. The van der Waals surface area contributed by atoms with Crippen LogP contribution in [0.5, 0.6) is 23.0 Å². The summed E-state index contributed by atoms with van der Waals surface area (Å²) in [6.07, 6.45) is 2.42. The fourth-order valence-corrected chi connectivity index (χ4v) is 6.49. The van der Waals surface area contributed by atoms with Crippen LogP contribution in [0.25, 0.3) is 0 Å². The minimum Gasteiger partial charge on any atom is -0.489 e. The topological polar surface area (TPSA) is 96.0 Å². The summed E-state index contributed by atoms with van der Waals surface area (Å²) >= 11 is 0. The highest BCUT2D eigenvalue weighted by atomic mass is 16.5. The number of carbonyl (C=O) groups excluding carboxylic acids is 2. The largest absolute Gasteiger partial charge is 0.489 e. The third-order valence-corrected chi connectivity index (χ3v) is 8.95. The van der Waals surface area contributed by atoms with Gasteiger partial charge in [-0.1, -0.05) is 72.8 Å². The Balaban J connectivity index is 1.09. The van der Waals surface area contributed by atoms with E-state index in [0.717, 1.165) is 11.1 Å². The average Bonchev–Trinajstić information content (AvgIpc) is 3.16. The van der Waals surface area contributed by atoms with Crippen molar-refractivity contribution in [2.75, 3.05) is 52.7 Å². The number of β-lactam (4-membered cyclic amide) rings is 2. The Hall–Kier alpha value is -5.32. The van der Waals surface area contributed by atoms with E-state index in [2.05, 4.69) is 0 Å². The fraction of sp³-hybridized carbons (Fsp3) is 0.300. The van der Waals surface area contributed by atoms with E-state index in [4.69, 9.17) is 28.4 Å². The Morgan fingerprint density at radius 3 is 1.34 bits per heavy atom. The van der Waals surface area contributed by atoms with E-state index >= 15 is 0 Å². The first-order chi connectivity index (χ1) is 24.7. The summed E-state index contributed by atoms with van der Waals surface area (Å²) in [5.74, 6) is 2.38. The highest BCUT2D eigenvalue weighted by Gasteiger charge is 2.52. The number of para-hydroxylation sites is 4. The van der Waals surface area contributed by atoms with Crippen LogP contribution < -0.4 is 18.9 Å². The minimum absolute atomic E-state index is 0.108. The van der Waals surface area contributed by atoms with Crippen LogP contribution in [0.3, 0.4) is 0 Å². The molecule has 0 aliphatic carbocycles. The van der Waals surface area contributed by atoms with Crippen LogP contribution in [0.1, 0.15) is 23.2 Å². The van der Waals surface area contributed by atoms with Crippen LogP contribution in [0.15, 0.2) is 121 Å². The number of amides is 2. The lowest BCUT2D eigenvalue weighted by Gasteiger charge is -2.47. The van der Waals surface area contributed by atoms with E-state index in [1.165, 1.54) is 0 Å². The van der Waals surface area contributed by atoms with Crippen molar-refractivity contribution in [2.45, 2.75) is 24.3 Å². The van der Waals surface area contributed by atoms with Gasteiger partial charge in [0.05, 0.1) is 26.4 Å². The third-order valence-electron chi connectivity index (χ3n) is 8.95. The lowest BCUT2D eigenvalue weighted by Crippen LogP contribution is -2.62. The van der Waals surface area contributed by atoms with Crippen molar-refractivity contribution in [3.05, 3.63) is 132 Å². The average molecular weight is 677 g/mol. The second kappa shape index (κ2) is 15.9. The summed E-state index contributed by atoms with van der Waals surface area (Å²) in [4.78, 5) is 30.3. The first-order valence-corrected chi connectivity index (χ1v) is 17.0. The molecule has 0 aromatic heterocycles. The standard InChI is InChI=1S/C40H40N2O8/c43-39-37(49-29-13-3-1-4-14-29)35-31-17-7-9-19-33(31)47-23-11-12-24-48-34-20-10-8-18-32(34)36-38(50-30-15-5-2-6-16-30)40(44)42(36)22-26-46-28-27-45-25-21-41(35)39/h1-20,35-38H,21-28H2/b12-11-/t35-,36-,37+,38+/m0/s1. The van der Waals surface area contributed by atoms with E-state index in [-0.39, 0.29) is 23.9 Å². The maximum atomic E-state index is 13.4. The number of rotatable bonds is 4. The van der Waals surface area contributed by atoms with Gasteiger partial charge in [-0.3, -0.25) is 9.59 Å². The number of carbonyl (C=O) groups is 2. The van der Waals surface area contributed by atoms with E-state index in [0.29, 0.717) is 75.7 Å². The number of hydrogen-bond acceptors (Lipinski definition) is 8. The maximum Gasteiger partial charge on any atom is 0.266 e. The molecule has 3 aliphatic rings. The van der Waals surface area contributed by atoms with Gasteiger partial charge in [0.25, 0.3) is 11.8 Å².